The van der Waals surface area contributed by atoms with Crippen LogP contribution in [0.5, 0.6) is 0 Å². The van der Waals surface area contributed by atoms with E-state index in [0.29, 0.717) is 19.4 Å². The molecule has 2 rings (SSSR count). The van der Waals surface area contributed by atoms with Crippen molar-refractivity contribution in [2.75, 3.05) is 20.6 Å². The van der Waals surface area contributed by atoms with E-state index in [4.69, 9.17) is 4.42 Å². The summed E-state index contributed by atoms with van der Waals surface area (Å²) in [6, 6.07) is 3.29. The summed E-state index contributed by atoms with van der Waals surface area (Å²) >= 11 is 0. The molecule has 0 unspecified atom stereocenters. The second-order valence-corrected chi connectivity index (χ2v) is 4.90. The summed E-state index contributed by atoms with van der Waals surface area (Å²) in [5.74, 6) is 0.611. The minimum absolute atomic E-state index is 0.0175. The topological polar surface area (TPSA) is 74.6 Å². The highest BCUT2D eigenvalue weighted by Gasteiger charge is 2.28. The smallest absolute Gasteiger partial charge is 0.242 e. The van der Waals surface area contributed by atoms with Gasteiger partial charge >= 0.3 is 0 Å². The first kappa shape index (κ1) is 13.6. The number of carbonyl (C=O) groups excluding carboxylic acids is 2. The lowest BCUT2D eigenvalue weighted by molar-refractivity contribution is -0.125. The van der Waals surface area contributed by atoms with Gasteiger partial charge in [0.1, 0.15) is 11.8 Å². The number of nitrogens with zero attached hydrogens (tertiary/aromatic N) is 1. The lowest BCUT2D eigenvalue weighted by atomic mass is 10.2. The molecule has 2 heterocycles. The Kier molecular flexibility index (Phi) is 4.21. The zero-order valence-electron chi connectivity index (χ0n) is 11.2. The van der Waals surface area contributed by atoms with Crippen molar-refractivity contribution in [2.24, 2.45) is 0 Å². The van der Waals surface area contributed by atoms with Gasteiger partial charge in [-0.15, -0.1) is 0 Å². The second-order valence-electron chi connectivity index (χ2n) is 4.90. The first-order valence-electron chi connectivity index (χ1n) is 6.35. The summed E-state index contributed by atoms with van der Waals surface area (Å²) < 4.78 is 5.37. The highest BCUT2D eigenvalue weighted by atomic mass is 16.3. The Hall–Kier alpha value is -1.82. The third kappa shape index (κ3) is 3.35. The molecule has 0 radical (unpaired) electrons. The van der Waals surface area contributed by atoms with Crippen molar-refractivity contribution < 1.29 is 14.0 Å². The second kappa shape index (κ2) is 5.88. The van der Waals surface area contributed by atoms with Gasteiger partial charge in [0.2, 0.25) is 11.8 Å². The van der Waals surface area contributed by atoms with E-state index >= 15 is 0 Å². The molecule has 1 fully saturated rings. The fourth-order valence-electron chi connectivity index (χ4n) is 2.15. The van der Waals surface area contributed by atoms with E-state index in [1.165, 1.54) is 0 Å². The quantitative estimate of drug-likeness (QED) is 0.802. The Morgan fingerprint density at radius 3 is 2.95 bits per heavy atom. The minimum Gasteiger partial charge on any atom is -0.468 e. The third-order valence-electron chi connectivity index (χ3n) is 3.28. The van der Waals surface area contributed by atoms with Crippen molar-refractivity contribution in [1.29, 1.82) is 0 Å². The fraction of sp³-hybridized carbons (Fsp3) is 0.538. The van der Waals surface area contributed by atoms with E-state index in [1.807, 2.05) is 31.1 Å². The maximum atomic E-state index is 11.9. The number of carbonyl (C=O) groups is 2. The van der Waals surface area contributed by atoms with Crippen molar-refractivity contribution in [3.8, 4) is 0 Å². The van der Waals surface area contributed by atoms with Crippen molar-refractivity contribution in [3.05, 3.63) is 24.2 Å². The molecular weight excluding hydrogens is 246 g/mol. The normalized spacial score (nSPS) is 20.4. The van der Waals surface area contributed by atoms with Gasteiger partial charge in [-0.3, -0.25) is 14.5 Å². The molecule has 2 N–H and O–H groups in total. The molecule has 0 aliphatic carbocycles. The molecule has 1 saturated heterocycles. The highest BCUT2D eigenvalue weighted by molar-refractivity contribution is 5.90. The summed E-state index contributed by atoms with van der Waals surface area (Å²) in [5, 5.41) is 5.51. The zero-order chi connectivity index (χ0) is 13.8. The van der Waals surface area contributed by atoms with Crippen molar-refractivity contribution in [1.82, 2.24) is 15.5 Å². The standard InChI is InChI=1S/C13H19N3O3/c1-16(2)10(11-4-3-7-19-11)8-14-13(18)9-5-6-12(17)15-9/h3-4,7,9-10H,5-6,8H2,1-2H3,(H,14,18)(H,15,17)/t9-,10+/m1/s1. The summed E-state index contributed by atoms with van der Waals surface area (Å²) in [7, 11) is 3.85. The van der Waals surface area contributed by atoms with E-state index in [1.54, 1.807) is 6.26 Å². The van der Waals surface area contributed by atoms with Crippen LogP contribution >= 0.6 is 0 Å². The van der Waals surface area contributed by atoms with E-state index in [-0.39, 0.29) is 17.9 Å². The Bertz CT molecular complexity index is 442. The van der Waals surface area contributed by atoms with Crippen LogP contribution in [-0.2, 0) is 9.59 Å². The van der Waals surface area contributed by atoms with Crippen LogP contribution in [-0.4, -0.2) is 43.4 Å². The van der Waals surface area contributed by atoms with Crippen molar-refractivity contribution in [2.45, 2.75) is 24.9 Å². The molecule has 0 bridgehead atoms. The largest absolute Gasteiger partial charge is 0.468 e. The predicted octanol–water partition coefficient (Wildman–Crippen LogP) is 0.277. The monoisotopic (exact) mass is 265 g/mol. The van der Waals surface area contributed by atoms with Crippen LogP contribution in [0.15, 0.2) is 22.8 Å². The average molecular weight is 265 g/mol. The van der Waals surface area contributed by atoms with Crippen molar-refractivity contribution in [3.63, 3.8) is 0 Å². The van der Waals surface area contributed by atoms with E-state index in [0.717, 1.165) is 5.76 Å². The Balaban J connectivity index is 1.89. The molecule has 1 aliphatic heterocycles. The number of likely N-dealkylation sites (N-methyl/N-ethyl adjacent to an activating group) is 1. The van der Waals surface area contributed by atoms with Crippen LogP contribution in [0.2, 0.25) is 0 Å². The van der Waals surface area contributed by atoms with Crippen molar-refractivity contribution >= 4 is 11.8 Å². The van der Waals surface area contributed by atoms with Gasteiger partial charge in [0.05, 0.1) is 12.3 Å². The Morgan fingerprint density at radius 2 is 2.42 bits per heavy atom. The number of amides is 2. The van der Waals surface area contributed by atoms with Crippen LogP contribution in [0.3, 0.4) is 0 Å². The van der Waals surface area contributed by atoms with Gasteiger partial charge in [0.25, 0.3) is 0 Å². The molecule has 19 heavy (non-hydrogen) atoms. The number of nitrogens with one attached hydrogen (secondary N) is 2. The van der Waals surface area contributed by atoms with Gasteiger partial charge < -0.3 is 15.1 Å². The van der Waals surface area contributed by atoms with E-state index in [2.05, 4.69) is 10.6 Å². The predicted molar refractivity (Wildman–Crippen MR) is 69.3 cm³/mol. The SMILES string of the molecule is CN(C)[C@@H](CNC(=O)[C@H]1CCC(=O)N1)c1ccco1. The summed E-state index contributed by atoms with van der Waals surface area (Å²) in [4.78, 5) is 25.0. The van der Waals surface area contributed by atoms with Crippen LogP contribution in [0, 0.1) is 0 Å². The maximum absolute atomic E-state index is 11.9. The summed E-state index contributed by atoms with van der Waals surface area (Å²) in [5.41, 5.74) is 0. The molecule has 2 amide bonds. The maximum Gasteiger partial charge on any atom is 0.242 e. The molecule has 1 aromatic heterocycles. The van der Waals surface area contributed by atoms with Crippen LogP contribution in [0.25, 0.3) is 0 Å². The number of hydrogen-bond acceptors (Lipinski definition) is 4. The van der Waals surface area contributed by atoms with Gasteiger partial charge in [-0.25, -0.2) is 0 Å². The number of hydrogen-bond donors (Lipinski definition) is 2. The van der Waals surface area contributed by atoms with Crippen LogP contribution in [0.4, 0.5) is 0 Å². The number of rotatable bonds is 5. The molecule has 0 aromatic carbocycles. The van der Waals surface area contributed by atoms with Crippen LogP contribution < -0.4 is 10.6 Å². The third-order valence-corrected chi connectivity index (χ3v) is 3.28. The summed E-state index contributed by atoms with van der Waals surface area (Å²) in [6.45, 7) is 0.450. The molecule has 1 aliphatic rings. The van der Waals surface area contributed by atoms with Gasteiger partial charge in [-0.2, -0.15) is 0 Å². The fourth-order valence-corrected chi connectivity index (χ4v) is 2.15. The molecule has 6 nitrogen and oxygen atoms in total. The van der Waals surface area contributed by atoms with E-state index in [9.17, 15) is 9.59 Å². The Morgan fingerprint density at radius 1 is 1.63 bits per heavy atom. The lowest BCUT2D eigenvalue weighted by Gasteiger charge is -2.23. The summed E-state index contributed by atoms with van der Waals surface area (Å²) in [6.07, 6.45) is 2.61. The van der Waals surface area contributed by atoms with Gasteiger partial charge in [0, 0.05) is 13.0 Å². The molecule has 6 heteroatoms. The van der Waals surface area contributed by atoms with Crippen LogP contribution in [0.1, 0.15) is 24.6 Å². The molecule has 104 valence electrons. The first-order chi connectivity index (χ1) is 9.08. The number of furan rings is 1. The van der Waals surface area contributed by atoms with Gasteiger partial charge in [-0.05, 0) is 32.6 Å². The first-order valence-corrected chi connectivity index (χ1v) is 6.35. The molecular formula is C13H19N3O3. The molecule has 0 spiro atoms. The molecule has 1 aromatic rings. The molecule has 0 saturated carbocycles. The lowest BCUT2D eigenvalue weighted by Crippen LogP contribution is -2.44. The van der Waals surface area contributed by atoms with Gasteiger partial charge in [0.15, 0.2) is 0 Å². The highest BCUT2D eigenvalue weighted by Crippen LogP contribution is 2.17. The van der Waals surface area contributed by atoms with E-state index < -0.39 is 6.04 Å². The Labute approximate surface area is 112 Å². The molecule has 2 atom stereocenters. The average Bonchev–Trinajstić information content (AvgIpc) is 3.00. The van der Waals surface area contributed by atoms with Gasteiger partial charge in [-0.1, -0.05) is 0 Å². The minimum atomic E-state index is -0.396. The zero-order valence-corrected chi connectivity index (χ0v) is 11.2.